The van der Waals surface area contributed by atoms with Gasteiger partial charge in [-0.05, 0) is 25.1 Å². The highest BCUT2D eigenvalue weighted by Gasteiger charge is 2.21. The minimum atomic E-state index is 0.314. The molecule has 0 aliphatic carbocycles. The lowest BCUT2D eigenvalue weighted by Gasteiger charge is -2.27. The van der Waals surface area contributed by atoms with Gasteiger partial charge in [-0.2, -0.15) is 0 Å². The van der Waals surface area contributed by atoms with Crippen LogP contribution in [0.1, 0.15) is 29.5 Å². The third-order valence-electron chi connectivity index (χ3n) is 4.51. The van der Waals surface area contributed by atoms with Crippen molar-refractivity contribution in [2.45, 2.75) is 25.9 Å². The van der Waals surface area contributed by atoms with Crippen LogP contribution in [0.3, 0.4) is 0 Å². The van der Waals surface area contributed by atoms with Crippen LogP contribution in [-0.4, -0.2) is 16.2 Å². The molecule has 0 spiro atoms. The number of hydrogen-bond acceptors (Lipinski definition) is 3. The lowest BCUT2D eigenvalue weighted by Crippen LogP contribution is -2.27. The number of fused-ring (bicyclic) bond motifs is 1. The van der Waals surface area contributed by atoms with E-state index >= 15 is 0 Å². The second kappa shape index (κ2) is 6.49. The van der Waals surface area contributed by atoms with Gasteiger partial charge >= 0.3 is 0 Å². The molecule has 122 valence electrons. The van der Waals surface area contributed by atoms with E-state index in [2.05, 4.69) is 51.3 Å². The van der Waals surface area contributed by atoms with Crippen molar-refractivity contribution in [1.82, 2.24) is 14.9 Å². The maximum absolute atomic E-state index is 5.75. The van der Waals surface area contributed by atoms with Crippen LogP contribution in [-0.2, 0) is 6.54 Å². The Morgan fingerprint density at radius 2 is 1.92 bits per heavy atom. The van der Waals surface area contributed by atoms with Crippen molar-refractivity contribution in [3.8, 4) is 11.4 Å². The zero-order valence-corrected chi connectivity index (χ0v) is 13.8. The summed E-state index contributed by atoms with van der Waals surface area (Å²) in [6, 6.07) is 19.0. The molecule has 0 saturated heterocycles. The first-order valence-corrected chi connectivity index (χ1v) is 8.36. The van der Waals surface area contributed by atoms with Crippen LogP contribution in [0.15, 0.2) is 60.8 Å². The molecule has 2 heterocycles. The van der Waals surface area contributed by atoms with Gasteiger partial charge in [-0.25, -0.2) is 4.98 Å². The van der Waals surface area contributed by atoms with Gasteiger partial charge in [-0.1, -0.05) is 36.4 Å². The number of hydrogen-bond donors (Lipinski definition) is 1. The molecule has 1 aliphatic heterocycles. The van der Waals surface area contributed by atoms with E-state index in [1.54, 1.807) is 0 Å². The first-order valence-electron chi connectivity index (χ1n) is 8.36. The highest BCUT2D eigenvalue weighted by Crippen LogP contribution is 2.31. The third kappa shape index (κ3) is 2.81. The number of benzene rings is 2. The standard InChI is InChI=1S/C20H21N3O/c1-15-21-13-17(23(15)16-7-3-2-4-8-16)14-22-19-11-12-24-20-10-6-5-9-18(19)20/h2-10,13,19,22H,11-12,14H2,1H3/t19-/m0/s1. The lowest BCUT2D eigenvalue weighted by atomic mass is 10.0. The smallest absolute Gasteiger partial charge is 0.124 e. The molecule has 4 nitrogen and oxygen atoms in total. The average Bonchev–Trinajstić information content (AvgIpc) is 3.01. The zero-order valence-electron chi connectivity index (χ0n) is 13.8. The summed E-state index contributed by atoms with van der Waals surface area (Å²) in [6.07, 6.45) is 2.94. The predicted molar refractivity (Wildman–Crippen MR) is 94.4 cm³/mol. The molecule has 1 N–H and O–H groups in total. The van der Waals surface area contributed by atoms with Crippen LogP contribution in [0.4, 0.5) is 0 Å². The van der Waals surface area contributed by atoms with Crippen LogP contribution in [0.5, 0.6) is 5.75 Å². The third-order valence-corrected chi connectivity index (χ3v) is 4.51. The summed E-state index contributed by atoms with van der Waals surface area (Å²) in [7, 11) is 0. The van der Waals surface area contributed by atoms with Gasteiger partial charge in [-0.15, -0.1) is 0 Å². The van der Waals surface area contributed by atoms with E-state index in [0.29, 0.717) is 6.04 Å². The molecule has 0 fully saturated rings. The fourth-order valence-corrected chi connectivity index (χ4v) is 3.33. The van der Waals surface area contributed by atoms with Gasteiger partial charge < -0.3 is 10.1 Å². The van der Waals surface area contributed by atoms with Crippen molar-refractivity contribution in [2.75, 3.05) is 6.61 Å². The SMILES string of the molecule is Cc1ncc(CN[C@H]2CCOc3ccccc32)n1-c1ccccc1. The molecule has 1 aromatic heterocycles. The Balaban J connectivity index is 1.56. The molecule has 1 aliphatic rings. The Kier molecular flexibility index (Phi) is 4.05. The Labute approximate surface area is 142 Å². The summed E-state index contributed by atoms with van der Waals surface area (Å²) in [5, 5.41) is 3.68. The largest absolute Gasteiger partial charge is 0.493 e. The Hall–Kier alpha value is -2.59. The molecule has 24 heavy (non-hydrogen) atoms. The second-order valence-corrected chi connectivity index (χ2v) is 6.08. The summed E-state index contributed by atoms with van der Waals surface area (Å²) >= 11 is 0. The van der Waals surface area contributed by atoms with E-state index in [9.17, 15) is 0 Å². The summed E-state index contributed by atoms with van der Waals surface area (Å²) in [5.41, 5.74) is 3.56. The summed E-state index contributed by atoms with van der Waals surface area (Å²) in [4.78, 5) is 4.50. The first kappa shape index (κ1) is 15.0. The molecule has 0 amide bonds. The van der Waals surface area contributed by atoms with Crippen LogP contribution in [0.25, 0.3) is 5.69 Å². The van der Waals surface area contributed by atoms with Gasteiger partial charge in [0.05, 0.1) is 18.5 Å². The van der Waals surface area contributed by atoms with E-state index in [-0.39, 0.29) is 0 Å². The normalized spacial score (nSPS) is 16.5. The van der Waals surface area contributed by atoms with Crippen LogP contribution in [0.2, 0.25) is 0 Å². The number of aromatic nitrogens is 2. The van der Waals surface area contributed by atoms with E-state index in [1.165, 1.54) is 11.3 Å². The molecular formula is C20H21N3O. The van der Waals surface area contributed by atoms with E-state index in [0.717, 1.165) is 36.8 Å². The van der Waals surface area contributed by atoms with E-state index in [1.807, 2.05) is 31.3 Å². The molecule has 0 saturated carbocycles. The van der Waals surface area contributed by atoms with Gasteiger partial charge in [0.25, 0.3) is 0 Å². The van der Waals surface area contributed by atoms with Crippen molar-refractivity contribution < 1.29 is 4.74 Å². The summed E-state index contributed by atoms with van der Waals surface area (Å²) in [6.45, 7) is 3.57. The van der Waals surface area contributed by atoms with Crippen molar-refractivity contribution in [3.05, 3.63) is 77.9 Å². The van der Waals surface area contributed by atoms with Gasteiger partial charge in [-0.3, -0.25) is 4.57 Å². The van der Waals surface area contributed by atoms with Crippen molar-refractivity contribution in [1.29, 1.82) is 0 Å². The van der Waals surface area contributed by atoms with Crippen LogP contribution >= 0.6 is 0 Å². The Bertz CT molecular complexity index is 826. The van der Waals surface area contributed by atoms with Crippen molar-refractivity contribution in [3.63, 3.8) is 0 Å². The number of para-hydroxylation sites is 2. The Morgan fingerprint density at radius 1 is 1.12 bits per heavy atom. The van der Waals surface area contributed by atoms with Gasteiger partial charge in [0.15, 0.2) is 0 Å². The molecule has 0 unspecified atom stereocenters. The number of aryl methyl sites for hydroxylation is 1. The number of ether oxygens (including phenoxy) is 1. The fraction of sp³-hybridized carbons (Fsp3) is 0.250. The maximum Gasteiger partial charge on any atom is 0.124 e. The minimum Gasteiger partial charge on any atom is -0.493 e. The monoisotopic (exact) mass is 319 g/mol. The van der Waals surface area contributed by atoms with E-state index < -0.39 is 0 Å². The van der Waals surface area contributed by atoms with Crippen LogP contribution < -0.4 is 10.1 Å². The molecule has 4 rings (SSSR count). The highest BCUT2D eigenvalue weighted by atomic mass is 16.5. The average molecular weight is 319 g/mol. The van der Waals surface area contributed by atoms with Gasteiger partial charge in [0.2, 0.25) is 0 Å². The molecule has 3 aromatic rings. The summed E-state index contributed by atoms with van der Waals surface area (Å²) in [5.74, 6) is 2.00. The van der Waals surface area contributed by atoms with Crippen molar-refractivity contribution >= 4 is 0 Å². The first-order chi connectivity index (χ1) is 11.8. The molecular weight excluding hydrogens is 298 g/mol. The minimum absolute atomic E-state index is 0.314. The molecule has 2 aromatic carbocycles. The molecule has 0 radical (unpaired) electrons. The number of nitrogens with zero attached hydrogens (tertiary/aromatic N) is 2. The second-order valence-electron chi connectivity index (χ2n) is 6.08. The maximum atomic E-state index is 5.75. The van der Waals surface area contributed by atoms with Gasteiger partial charge in [0.1, 0.15) is 11.6 Å². The molecule has 1 atom stereocenters. The highest BCUT2D eigenvalue weighted by molar-refractivity contribution is 5.38. The predicted octanol–water partition coefficient (Wildman–Crippen LogP) is 3.79. The van der Waals surface area contributed by atoms with E-state index in [4.69, 9.17) is 4.74 Å². The number of imidazole rings is 1. The Morgan fingerprint density at radius 3 is 2.79 bits per heavy atom. The quantitative estimate of drug-likeness (QED) is 0.795. The molecule has 4 heteroatoms. The number of rotatable bonds is 4. The van der Waals surface area contributed by atoms with Crippen LogP contribution in [0, 0.1) is 6.92 Å². The van der Waals surface area contributed by atoms with Gasteiger partial charge in [0, 0.05) is 30.3 Å². The summed E-state index contributed by atoms with van der Waals surface area (Å²) < 4.78 is 7.95. The zero-order chi connectivity index (χ0) is 16.4. The van der Waals surface area contributed by atoms with Crippen molar-refractivity contribution in [2.24, 2.45) is 0 Å². The molecule has 0 bridgehead atoms. The fourth-order valence-electron chi connectivity index (χ4n) is 3.33. The lowest BCUT2D eigenvalue weighted by molar-refractivity contribution is 0.252. The topological polar surface area (TPSA) is 39.1 Å². The number of nitrogens with one attached hydrogen (secondary N) is 1.